The predicted molar refractivity (Wildman–Crippen MR) is 48.5 cm³/mol. The van der Waals surface area contributed by atoms with Crippen LogP contribution in [0.3, 0.4) is 0 Å². The number of hydrogen-bond donors (Lipinski definition) is 0. The molecule has 0 unspecified atom stereocenters. The first-order valence-electron chi connectivity index (χ1n) is 4.50. The molecule has 0 saturated heterocycles. The Balaban J connectivity index is 3.24. The van der Waals surface area contributed by atoms with E-state index in [1.165, 1.54) is 5.92 Å². The van der Waals surface area contributed by atoms with Gasteiger partial charge in [0.05, 0.1) is 0 Å². The van der Waals surface area contributed by atoms with E-state index in [1.54, 1.807) is 0 Å². The summed E-state index contributed by atoms with van der Waals surface area (Å²) in [6.45, 7) is 4.55. The lowest BCUT2D eigenvalue weighted by Crippen LogP contribution is -2.01. The van der Waals surface area contributed by atoms with Crippen molar-refractivity contribution in [2.75, 3.05) is 13.2 Å². The van der Waals surface area contributed by atoms with Crippen molar-refractivity contribution in [2.24, 2.45) is 0 Å². The van der Waals surface area contributed by atoms with Gasteiger partial charge in [-0.25, -0.2) is 0 Å². The van der Waals surface area contributed by atoms with Gasteiger partial charge in [0.25, 0.3) is 0 Å². The van der Waals surface area contributed by atoms with Crippen molar-refractivity contribution in [2.45, 2.75) is 31.9 Å². The molecule has 0 heterocycles. The van der Waals surface area contributed by atoms with E-state index in [4.69, 9.17) is 4.74 Å². The summed E-state index contributed by atoms with van der Waals surface area (Å²) in [5, 5.41) is 0. The molecule has 1 radical (unpaired) electrons. The topological polar surface area (TPSA) is 9.23 Å². The lowest BCUT2D eigenvalue weighted by molar-refractivity contribution is -0.0697. The minimum absolute atomic E-state index is 0.296. The highest BCUT2D eigenvalue weighted by atomic mass is 19.4. The Morgan fingerprint density at radius 1 is 1.14 bits per heavy atom. The molecule has 0 aromatic rings. The van der Waals surface area contributed by atoms with Crippen molar-refractivity contribution in [3.8, 4) is 11.8 Å². The summed E-state index contributed by atoms with van der Waals surface area (Å²) < 4.78 is 39.6. The molecule has 0 rings (SSSR count). The van der Waals surface area contributed by atoms with Gasteiger partial charge in [-0.2, -0.15) is 13.2 Å². The van der Waals surface area contributed by atoms with Crippen molar-refractivity contribution in [3.63, 3.8) is 0 Å². The molecule has 0 aliphatic rings. The van der Waals surface area contributed by atoms with Crippen LogP contribution in [0.2, 0.25) is 0 Å². The van der Waals surface area contributed by atoms with E-state index in [1.807, 2.05) is 0 Å². The monoisotopic (exact) mass is 207 g/mol. The molecular weight excluding hydrogens is 193 g/mol. The number of ether oxygens (including phenoxy) is 1. The summed E-state index contributed by atoms with van der Waals surface area (Å²) in [6.07, 6.45) is -1.68. The average molecular weight is 207 g/mol. The van der Waals surface area contributed by atoms with Crippen molar-refractivity contribution in [1.29, 1.82) is 0 Å². The first kappa shape index (κ1) is 13.3. The standard InChI is InChI=1S/C10H14F3O/c1-2-14-9-7-5-3-4-6-8-10(11,12)13/h1-5,7,9H2. The maximum absolute atomic E-state index is 11.5. The summed E-state index contributed by atoms with van der Waals surface area (Å²) in [4.78, 5) is 0. The number of halogens is 3. The molecule has 0 aromatic heterocycles. The van der Waals surface area contributed by atoms with Gasteiger partial charge < -0.3 is 4.74 Å². The van der Waals surface area contributed by atoms with Gasteiger partial charge in [0.2, 0.25) is 0 Å². The Morgan fingerprint density at radius 3 is 2.43 bits per heavy atom. The molecule has 0 fully saturated rings. The van der Waals surface area contributed by atoms with Gasteiger partial charge in [-0.3, -0.25) is 0 Å². The van der Waals surface area contributed by atoms with E-state index in [0.717, 1.165) is 12.8 Å². The third-order valence-corrected chi connectivity index (χ3v) is 1.46. The van der Waals surface area contributed by atoms with Crippen LogP contribution in [0, 0.1) is 18.8 Å². The fourth-order valence-corrected chi connectivity index (χ4v) is 0.859. The van der Waals surface area contributed by atoms with Gasteiger partial charge in [-0.15, -0.1) is 0 Å². The van der Waals surface area contributed by atoms with Gasteiger partial charge in [0, 0.05) is 25.6 Å². The lowest BCUT2D eigenvalue weighted by Gasteiger charge is -1.98. The van der Waals surface area contributed by atoms with Crippen LogP contribution >= 0.6 is 0 Å². The zero-order valence-corrected chi connectivity index (χ0v) is 7.99. The van der Waals surface area contributed by atoms with Crippen LogP contribution < -0.4 is 0 Å². The van der Waals surface area contributed by atoms with Gasteiger partial charge >= 0.3 is 6.18 Å². The molecule has 0 spiro atoms. The molecule has 0 saturated carbocycles. The largest absolute Gasteiger partial charge is 0.457 e. The molecule has 0 aliphatic heterocycles. The molecule has 0 amide bonds. The van der Waals surface area contributed by atoms with E-state index >= 15 is 0 Å². The number of unbranched alkanes of at least 4 members (excludes halogenated alkanes) is 3. The molecule has 0 atom stereocenters. The van der Waals surface area contributed by atoms with Crippen LogP contribution in [0.25, 0.3) is 0 Å². The minimum Gasteiger partial charge on any atom is -0.381 e. The first-order chi connectivity index (χ1) is 6.56. The Kier molecular flexibility index (Phi) is 7.31. The number of alkyl halides is 3. The second-order valence-electron chi connectivity index (χ2n) is 2.72. The van der Waals surface area contributed by atoms with Crippen LogP contribution in [0.1, 0.15) is 25.7 Å². The van der Waals surface area contributed by atoms with E-state index in [9.17, 15) is 13.2 Å². The summed E-state index contributed by atoms with van der Waals surface area (Å²) in [7, 11) is 0. The van der Waals surface area contributed by atoms with Gasteiger partial charge in [0.15, 0.2) is 0 Å². The minimum atomic E-state index is -4.35. The first-order valence-corrected chi connectivity index (χ1v) is 4.50. The van der Waals surface area contributed by atoms with Crippen LogP contribution in [-0.4, -0.2) is 19.4 Å². The van der Waals surface area contributed by atoms with Crippen molar-refractivity contribution >= 4 is 0 Å². The maximum Gasteiger partial charge on any atom is 0.457 e. The molecule has 14 heavy (non-hydrogen) atoms. The smallest absolute Gasteiger partial charge is 0.381 e. The van der Waals surface area contributed by atoms with Crippen molar-refractivity contribution in [3.05, 3.63) is 6.92 Å². The van der Waals surface area contributed by atoms with E-state index in [-0.39, 0.29) is 0 Å². The highest BCUT2D eigenvalue weighted by Crippen LogP contribution is 2.12. The second-order valence-corrected chi connectivity index (χ2v) is 2.72. The Hall–Kier alpha value is -0.690. The quantitative estimate of drug-likeness (QED) is 0.480. The number of hydrogen-bond acceptors (Lipinski definition) is 1. The molecule has 0 bridgehead atoms. The van der Waals surface area contributed by atoms with Gasteiger partial charge in [-0.05, 0) is 19.8 Å². The SMILES string of the molecule is [CH2]COCCCCCC#CC(F)(F)F. The predicted octanol–water partition coefficient (Wildman–Crippen LogP) is 2.96. The third-order valence-electron chi connectivity index (χ3n) is 1.46. The van der Waals surface area contributed by atoms with Crippen LogP contribution in [0.4, 0.5) is 13.2 Å². The molecule has 0 aliphatic carbocycles. The third kappa shape index (κ3) is 11.3. The van der Waals surface area contributed by atoms with Gasteiger partial charge in [0.1, 0.15) is 0 Å². The Morgan fingerprint density at radius 2 is 1.86 bits per heavy atom. The summed E-state index contributed by atoms with van der Waals surface area (Å²) in [6, 6.07) is 0. The zero-order chi connectivity index (χ0) is 10.9. The summed E-state index contributed by atoms with van der Waals surface area (Å²) in [5.41, 5.74) is 0. The Labute approximate surface area is 82.6 Å². The lowest BCUT2D eigenvalue weighted by atomic mass is 10.2. The summed E-state index contributed by atoms with van der Waals surface area (Å²) >= 11 is 0. The van der Waals surface area contributed by atoms with E-state index in [2.05, 4.69) is 12.8 Å². The number of rotatable bonds is 6. The normalized spacial score (nSPS) is 10.9. The molecule has 0 aromatic carbocycles. The highest BCUT2D eigenvalue weighted by molar-refractivity contribution is 5.04. The van der Waals surface area contributed by atoms with Crippen LogP contribution in [0.5, 0.6) is 0 Å². The van der Waals surface area contributed by atoms with Gasteiger partial charge in [-0.1, -0.05) is 12.3 Å². The summed E-state index contributed by atoms with van der Waals surface area (Å²) in [5.74, 6) is 3.32. The maximum atomic E-state index is 11.5. The second kappa shape index (κ2) is 7.69. The van der Waals surface area contributed by atoms with Crippen LogP contribution in [-0.2, 0) is 4.74 Å². The Bertz CT molecular complexity index is 188. The van der Waals surface area contributed by atoms with E-state index < -0.39 is 6.18 Å². The van der Waals surface area contributed by atoms with Crippen molar-refractivity contribution in [1.82, 2.24) is 0 Å². The molecule has 1 nitrogen and oxygen atoms in total. The fraction of sp³-hybridized carbons (Fsp3) is 0.700. The molecule has 81 valence electrons. The van der Waals surface area contributed by atoms with Crippen LogP contribution in [0.15, 0.2) is 0 Å². The fourth-order valence-electron chi connectivity index (χ4n) is 0.859. The molecular formula is C10H14F3O. The average Bonchev–Trinajstić information content (AvgIpc) is 2.08. The van der Waals surface area contributed by atoms with Crippen molar-refractivity contribution < 1.29 is 17.9 Å². The zero-order valence-electron chi connectivity index (χ0n) is 7.99. The van der Waals surface area contributed by atoms with E-state index in [0.29, 0.717) is 26.1 Å². The molecule has 4 heteroatoms. The molecule has 0 N–H and O–H groups in total. The highest BCUT2D eigenvalue weighted by Gasteiger charge is 2.22.